The van der Waals surface area contributed by atoms with Crippen LogP contribution in [0.5, 0.6) is 5.75 Å². The first-order valence-electron chi connectivity index (χ1n) is 6.28. The number of benzene rings is 2. The summed E-state index contributed by atoms with van der Waals surface area (Å²) in [5.74, 6) is 0.793. The lowest BCUT2D eigenvalue weighted by Gasteiger charge is -2.01. The second-order valence-electron chi connectivity index (χ2n) is 4.35. The Morgan fingerprint density at radius 1 is 1.14 bits per heavy atom. The Kier molecular flexibility index (Phi) is 3.51. The van der Waals surface area contributed by atoms with E-state index in [-0.39, 0.29) is 18.2 Å². The lowest BCUT2D eigenvalue weighted by molar-refractivity contribution is 0.287. The molecule has 0 bridgehead atoms. The second kappa shape index (κ2) is 5.62. The molecule has 0 atom stereocenters. The van der Waals surface area contributed by atoms with Crippen LogP contribution >= 0.6 is 0 Å². The fourth-order valence-electron chi connectivity index (χ4n) is 1.75. The number of anilines is 1. The highest BCUT2D eigenvalue weighted by Crippen LogP contribution is 2.21. The molecule has 2 N–H and O–H groups in total. The number of ether oxygens (including phenoxy) is 1. The van der Waals surface area contributed by atoms with E-state index in [1.807, 2.05) is 30.3 Å². The molecule has 0 radical (unpaired) electrons. The first-order valence-corrected chi connectivity index (χ1v) is 6.28. The maximum atomic E-state index is 13.4. The summed E-state index contributed by atoms with van der Waals surface area (Å²) in [4.78, 5) is 4.16. The molecule has 0 saturated carbocycles. The van der Waals surface area contributed by atoms with Gasteiger partial charge in [0.25, 0.3) is 5.89 Å². The molecule has 2 aromatic carbocycles. The van der Waals surface area contributed by atoms with E-state index in [0.29, 0.717) is 17.1 Å². The van der Waals surface area contributed by atoms with Crippen molar-refractivity contribution in [2.75, 3.05) is 5.73 Å². The topological polar surface area (TPSA) is 74.2 Å². The second-order valence-corrected chi connectivity index (χ2v) is 4.35. The van der Waals surface area contributed by atoms with Crippen molar-refractivity contribution in [3.8, 4) is 17.2 Å². The van der Waals surface area contributed by atoms with Crippen molar-refractivity contribution in [2.24, 2.45) is 0 Å². The van der Waals surface area contributed by atoms with E-state index in [2.05, 4.69) is 10.1 Å². The third-order valence-corrected chi connectivity index (χ3v) is 2.83. The van der Waals surface area contributed by atoms with E-state index in [1.54, 1.807) is 6.07 Å². The zero-order valence-electron chi connectivity index (χ0n) is 11.0. The third-order valence-electron chi connectivity index (χ3n) is 2.83. The van der Waals surface area contributed by atoms with Crippen molar-refractivity contribution < 1.29 is 13.7 Å². The Labute approximate surface area is 120 Å². The summed E-state index contributed by atoms with van der Waals surface area (Å²) in [6.45, 7) is 0.172. The van der Waals surface area contributed by atoms with Crippen LogP contribution in [0, 0.1) is 5.82 Å². The summed E-state index contributed by atoms with van der Waals surface area (Å²) in [5, 5.41) is 3.79. The summed E-state index contributed by atoms with van der Waals surface area (Å²) in [6.07, 6.45) is 0. The van der Waals surface area contributed by atoms with Crippen molar-refractivity contribution in [1.82, 2.24) is 10.1 Å². The Morgan fingerprint density at radius 3 is 2.71 bits per heavy atom. The van der Waals surface area contributed by atoms with Gasteiger partial charge in [-0.1, -0.05) is 23.4 Å². The molecule has 0 fully saturated rings. The van der Waals surface area contributed by atoms with E-state index >= 15 is 0 Å². The Hall–Kier alpha value is -2.89. The van der Waals surface area contributed by atoms with Gasteiger partial charge in [-0.2, -0.15) is 4.98 Å². The molecular weight excluding hydrogens is 273 g/mol. The molecule has 6 heteroatoms. The molecular formula is C15H12FN3O2. The zero-order valence-corrected chi connectivity index (χ0v) is 11.0. The van der Waals surface area contributed by atoms with Crippen LogP contribution in [-0.2, 0) is 6.61 Å². The highest BCUT2D eigenvalue weighted by molar-refractivity contribution is 5.57. The molecule has 21 heavy (non-hydrogen) atoms. The van der Waals surface area contributed by atoms with Gasteiger partial charge in [-0.3, -0.25) is 0 Å². The number of nitrogens with zero attached hydrogens (tertiary/aromatic N) is 2. The molecule has 0 aliphatic carbocycles. The monoisotopic (exact) mass is 285 g/mol. The fourth-order valence-corrected chi connectivity index (χ4v) is 1.75. The van der Waals surface area contributed by atoms with Gasteiger partial charge in [0.15, 0.2) is 6.61 Å². The van der Waals surface area contributed by atoms with Gasteiger partial charge in [0.2, 0.25) is 5.82 Å². The lowest BCUT2D eigenvalue weighted by atomic mass is 10.2. The minimum absolute atomic E-state index is 0.0749. The van der Waals surface area contributed by atoms with Crippen molar-refractivity contribution >= 4 is 5.69 Å². The van der Waals surface area contributed by atoms with Crippen LogP contribution in [0.1, 0.15) is 5.82 Å². The minimum Gasteiger partial charge on any atom is -0.485 e. The van der Waals surface area contributed by atoms with Crippen LogP contribution in [0.15, 0.2) is 53.1 Å². The number of halogens is 1. The van der Waals surface area contributed by atoms with E-state index in [4.69, 9.17) is 15.0 Å². The number of para-hydroxylation sites is 1. The number of aromatic nitrogens is 2. The number of nitrogens with two attached hydrogens (primary N) is 1. The van der Waals surface area contributed by atoms with Gasteiger partial charge >= 0.3 is 0 Å². The molecule has 5 nitrogen and oxygen atoms in total. The zero-order chi connectivity index (χ0) is 14.7. The van der Waals surface area contributed by atoms with Gasteiger partial charge < -0.3 is 15.0 Å². The Morgan fingerprint density at radius 2 is 1.95 bits per heavy atom. The van der Waals surface area contributed by atoms with Crippen LogP contribution in [0.25, 0.3) is 11.5 Å². The molecule has 3 aromatic rings. The average molecular weight is 285 g/mol. The summed E-state index contributed by atoms with van der Waals surface area (Å²) in [5.41, 5.74) is 5.97. The van der Waals surface area contributed by atoms with Gasteiger partial charge in [-0.15, -0.1) is 0 Å². The predicted molar refractivity (Wildman–Crippen MR) is 74.9 cm³/mol. The molecule has 1 heterocycles. The van der Waals surface area contributed by atoms with Gasteiger partial charge in [-0.25, -0.2) is 4.39 Å². The smallest absolute Gasteiger partial charge is 0.258 e. The van der Waals surface area contributed by atoms with E-state index in [0.717, 1.165) is 0 Å². The van der Waals surface area contributed by atoms with Gasteiger partial charge in [-0.05, 0) is 30.3 Å². The summed E-state index contributed by atoms with van der Waals surface area (Å²) in [7, 11) is 0. The van der Waals surface area contributed by atoms with Crippen molar-refractivity contribution in [3.63, 3.8) is 0 Å². The highest BCUT2D eigenvalue weighted by Gasteiger charge is 2.11. The van der Waals surface area contributed by atoms with E-state index < -0.39 is 5.82 Å². The number of hydrogen-bond acceptors (Lipinski definition) is 5. The average Bonchev–Trinajstić information content (AvgIpc) is 2.98. The maximum Gasteiger partial charge on any atom is 0.258 e. The Bertz CT molecular complexity index is 744. The maximum absolute atomic E-state index is 13.4. The Balaban J connectivity index is 1.72. The van der Waals surface area contributed by atoms with Gasteiger partial charge in [0.1, 0.15) is 11.6 Å². The SMILES string of the molecule is Nc1ccc(-c2nc(COc3ccccc3)no2)cc1F. The van der Waals surface area contributed by atoms with Crippen LogP contribution in [0.3, 0.4) is 0 Å². The van der Waals surface area contributed by atoms with Crippen LogP contribution in [-0.4, -0.2) is 10.1 Å². The largest absolute Gasteiger partial charge is 0.485 e. The molecule has 0 aliphatic rings. The summed E-state index contributed by atoms with van der Waals surface area (Å²) >= 11 is 0. The lowest BCUT2D eigenvalue weighted by Crippen LogP contribution is -1.97. The number of rotatable bonds is 4. The molecule has 1 aromatic heterocycles. The van der Waals surface area contributed by atoms with Crippen LogP contribution < -0.4 is 10.5 Å². The first-order chi connectivity index (χ1) is 10.2. The summed E-state index contributed by atoms with van der Waals surface area (Å²) < 4.78 is 24.0. The molecule has 0 unspecified atom stereocenters. The van der Waals surface area contributed by atoms with Crippen molar-refractivity contribution in [1.29, 1.82) is 0 Å². The van der Waals surface area contributed by atoms with E-state index in [1.165, 1.54) is 12.1 Å². The molecule has 0 amide bonds. The first kappa shape index (κ1) is 13.1. The van der Waals surface area contributed by atoms with Gasteiger partial charge in [0, 0.05) is 5.56 Å². The predicted octanol–water partition coefficient (Wildman–Crippen LogP) is 3.04. The van der Waals surface area contributed by atoms with Crippen LogP contribution in [0.2, 0.25) is 0 Å². The van der Waals surface area contributed by atoms with Crippen LogP contribution in [0.4, 0.5) is 10.1 Å². The highest BCUT2D eigenvalue weighted by atomic mass is 19.1. The fraction of sp³-hybridized carbons (Fsp3) is 0.0667. The summed E-state index contributed by atoms with van der Waals surface area (Å²) in [6, 6.07) is 13.6. The molecule has 0 saturated heterocycles. The number of nitrogen functional groups attached to an aromatic ring is 1. The third kappa shape index (κ3) is 3.00. The molecule has 106 valence electrons. The molecule has 3 rings (SSSR count). The normalized spacial score (nSPS) is 10.5. The van der Waals surface area contributed by atoms with E-state index in [9.17, 15) is 4.39 Å². The van der Waals surface area contributed by atoms with Crippen molar-refractivity contribution in [2.45, 2.75) is 6.61 Å². The quantitative estimate of drug-likeness (QED) is 0.746. The molecule has 0 spiro atoms. The van der Waals surface area contributed by atoms with Crippen molar-refractivity contribution in [3.05, 3.63) is 60.2 Å². The van der Waals surface area contributed by atoms with Gasteiger partial charge in [0.05, 0.1) is 5.69 Å². The standard InChI is InChI=1S/C15H12FN3O2/c16-12-8-10(6-7-13(12)17)15-18-14(19-21-15)9-20-11-4-2-1-3-5-11/h1-8H,9,17H2. The molecule has 0 aliphatic heterocycles. The minimum atomic E-state index is -0.521. The number of hydrogen-bond donors (Lipinski definition) is 1.